The summed E-state index contributed by atoms with van der Waals surface area (Å²) in [5.74, 6) is 0.736. The fraction of sp³-hybridized carbons (Fsp3) is 0.667. The molecule has 11 heavy (non-hydrogen) atoms. The minimum absolute atomic E-state index is 0.157. The molecule has 0 radical (unpaired) electrons. The highest BCUT2D eigenvalue weighted by Gasteiger charge is 2.03. The monoisotopic (exact) mass is 156 g/mol. The molecule has 62 valence electrons. The van der Waals surface area contributed by atoms with E-state index in [1.54, 1.807) is 4.57 Å². The third kappa shape index (κ3) is 1.48. The van der Waals surface area contributed by atoms with Crippen LogP contribution in [0.2, 0.25) is 0 Å². The molecule has 1 heterocycles. The first kappa shape index (κ1) is 8.00. The molecule has 1 rings (SSSR count). The topological polar surface area (TPSA) is 76.7 Å². The van der Waals surface area contributed by atoms with Crippen LogP contribution in [-0.4, -0.2) is 21.3 Å². The maximum absolute atomic E-state index is 10.9. The summed E-state index contributed by atoms with van der Waals surface area (Å²) in [5, 5.41) is 6.20. The van der Waals surface area contributed by atoms with Gasteiger partial charge in [0.25, 0.3) is 0 Å². The molecular formula is C6H12N4O. The zero-order valence-corrected chi connectivity index (χ0v) is 6.50. The van der Waals surface area contributed by atoms with Crippen molar-refractivity contribution in [1.82, 2.24) is 14.8 Å². The molecule has 0 aromatic carbocycles. The summed E-state index contributed by atoms with van der Waals surface area (Å²) in [6.07, 6.45) is 0.645. The predicted molar refractivity (Wildman–Crippen MR) is 41.3 cm³/mol. The third-order valence-electron chi connectivity index (χ3n) is 1.52. The highest BCUT2D eigenvalue weighted by atomic mass is 16.1. The Morgan fingerprint density at radius 3 is 3.00 bits per heavy atom. The summed E-state index contributed by atoms with van der Waals surface area (Å²) in [6.45, 7) is 3.06. The lowest BCUT2D eigenvalue weighted by molar-refractivity contribution is 0.674. The molecule has 0 aliphatic rings. The van der Waals surface area contributed by atoms with Gasteiger partial charge in [0.05, 0.1) is 0 Å². The Bertz CT molecular complexity index is 274. The lowest BCUT2D eigenvalue weighted by atomic mass is 10.4. The first-order valence-corrected chi connectivity index (χ1v) is 3.63. The largest absolute Gasteiger partial charge is 0.343 e. The molecule has 0 aliphatic carbocycles. The van der Waals surface area contributed by atoms with Gasteiger partial charge in [0.15, 0.2) is 0 Å². The number of hydrogen-bond donors (Lipinski definition) is 2. The summed E-state index contributed by atoms with van der Waals surface area (Å²) in [4.78, 5) is 10.9. The van der Waals surface area contributed by atoms with Gasteiger partial charge in [-0.3, -0.25) is 4.57 Å². The average molecular weight is 156 g/mol. The van der Waals surface area contributed by atoms with Crippen LogP contribution in [0.1, 0.15) is 12.7 Å². The van der Waals surface area contributed by atoms with E-state index in [0.717, 1.165) is 5.82 Å². The van der Waals surface area contributed by atoms with Crippen LogP contribution < -0.4 is 11.4 Å². The Morgan fingerprint density at radius 2 is 2.45 bits per heavy atom. The molecule has 0 saturated heterocycles. The van der Waals surface area contributed by atoms with Crippen LogP contribution in [0.5, 0.6) is 0 Å². The summed E-state index contributed by atoms with van der Waals surface area (Å²) in [5.41, 5.74) is 5.17. The molecule has 0 bridgehead atoms. The number of nitrogens with one attached hydrogen (secondary N) is 1. The summed E-state index contributed by atoms with van der Waals surface area (Å²) in [6, 6.07) is 0. The van der Waals surface area contributed by atoms with E-state index in [1.165, 1.54) is 0 Å². The van der Waals surface area contributed by atoms with Crippen LogP contribution in [0.4, 0.5) is 0 Å². The Morgan fingerprint density at radius 1 is 1.73 bits per heavy atom. The fourth-order valence-corrected chi connectivity index (χ4v) is 0.996. The van der Waals surface area contributed by atoms with Crippen LogP contribution in [0.3, 0.4) is 0 Å². The smallest absolute Gasteiger partial charge is 0.330 e. The number of H-pyrrole nitrogens is 1. The van der Waals surface area contributed by atoms with Gasteiger partial charge in [0.1, 0.15) is 5.82 Å². The van der Waals surface area contributed by atoms with E-state index >= 15 is 0 Å². The Kier molecular flexibility index (Phi) is 2.43. The van der Waals surface area contributed by atoms with Crippen molar-refractivity contribution in [2.75, 3.05) is 6.54 Å². The first-order chi connectivity index (χ1) is 5.29. The average Bonchev–Trinajstić information content (AvgIpc) is 2.33. The van der Waals surface area contributed by atoms with Gasteiger partial charge in [0, 0.05) is 13.0 Å². The van der Waals surface area contributed by atoms with Gasteiger partial charge in [-0.25, -0.2) is 9.89 Å². The molecule has 0 atom stereocenters. The zero-order valence-electron chi connectivity index (χ0n) is 6.50. The van der Waals surface area contributed by atoms with Crippen LogP contribution in [0.25, 0.3) is 0 Å². The van der Waals surface area contributed by atoms with Crippen molar-refractivity contribution in [2.45, 2.75) is 19.9 Å². The normalized spacial score (nSPS) is 10.4. The SMILES string of the molecule is CCn1c(CCN)n[nH]c1=O. The van der Waals surface area contributed by atoms with Crippen LogP contribution in [0.15, 0.2) is 4.79 Å². The van der Waals surface area contributed by atoms with Gasteiger partial charge in [-0.15, -0.1) is 0 Å². The van der Waals surface area contributed by atoms with E-state index in [2.05, 4.69) is 10.2 Å². The maximum atomic E-state index is 10.9. The summed E-state index contributed by atoms with van der Waals surface area (Å²) >= 11 is 0. The van der Waals surface area contributed by atoms with Crippen molar-refractivity contribution in [3.05, 3.63) is 16.3 Å². The molecule has 1 aromatic rings. The van der Waals surface area contributed by atoms with E-state index < -0.39 is 0 Å². The van der Waals surface area contributed by atoms with Crippen LogP contribution >= 0.6 is 0 Å². The minimum Gasteiger partial charge on any atom is -0.330 e. The second-order valence-electron chi connectivity index (χ2n) is 2.23. The molecule has 5 nitrogen and oxygen atoms in total. The molecule has 0 aliphatic heterocycles. The molecular weight excluding hydrogens is 144 g/mol. The van der Waals surface area contributed by atoms with Crippen molar-refractivity contribution in [2.24, 2.45) is 5.73 Å². The van der Waals surface area contributed by atoms with Gasteiger partial charge in [-0.05, 0) is 13.5 Å². The van der Waals surface area contributed by atoms with E-state index in [9.17, 15) is 4.79 Å². The number of rotatable bonds is 3. The number of aromatic amines is 1. The molecule has 0 unspecified atom stereocenters. The zero-order chi connectivity index (χ0) is 8.27. The number of aromatic nitrogens is 3. The number of nitrogens with two attached hydrogens (primary N) is 1. The van der Waals surface area contributed by atoms with Gasteiger partial charge in [0.2, 0.25) is 0 Å². The van der Waals surface area contributed by atoms with Crippen molar-refractivity contribution in [3.63, 3.8) is 0 Å². The molecule has 0 amide bonds. The quantitative estimate of drug-likeness (QED) is 0.595. The number of hydrogen-bond acceptors (Lipinski definition) is 3. The third-order valence-corrected chi connectivity index (χ3v) is 1.52. The van der Waals surface area contributed by atoms with Gasteiger partial charge in [-0.1, -0.05) is 0 Å². The highest BCUT2D eigenvalue weighted by Crippen LogP contribution is 1.89. The van der Waals surface area contributed by atoms with E-state index in [1.807, 2.05) is 6.92 Å². The van der Waals surface area contributed by atoms with Crippen LogP contribution in [-0.2, 0) is 13.0 Å². The standard InChI is InChI=1S/C6H12N4O/c1-2-10-5(3-4-7)8-9-6(10)11/h2-4,7H2,1H3,(H,9,11). The molecule has 0 spiro atoms. The molecule has 0 fully saturated rings. The second-order valence-corrected chi connectivity index (χ2v) is 2.23. The fourth-order valence-electron chi connectivity index (χ4n) is 0.996. The van der Waals surface area contributed by atoms with Crippen LogP contribution in [0, 0.1) is 0 Å². The van der Waals surface area contributed by atoms with Crippen molar-refractivity contribution < 1.29 is 0 Å². The van der Waals surface area contributed by atoms with E-state index in [0.29, 0.717) is 19.5 Å². The highest BCUT2D eigenvalue weighted by molar-refractivity contribution is 4.86. The predicted octanol–water partition coefficient (Wildman–Crippen LogP) is -0.907. The Balaban J connectivity index is 2.96. The van der Waals surface area contributed by atoms with Crippen molar-refractivity contribution in [3.8, 4) is 0 Å². The lowest BCUT2D eigenvalue weighted by Gasteiger charge is -1.98. The van der Waals surface area contributed by atoms with E-state index in [-0.39, 0.29) is 5.69 Å². The lowest BCUT2D eigenvalue weighted by Crippen LogP contribution is -2.19. The Labute approximate surface area is 64.2 Å². The molecule has 3 N–H and O–H groups in total. The van der Waals surface area contributed by atoms with Gasteiger partial charge in [-0.2, -0.15) is 5.10 Å². The summed E-state index contributed by atoms with van der Waals surface area (Å²) in [7, 11) is 0. The van der Waals surface area contributed by atoms with E-state index in [4.69, 9.17) is 5.73 Å². The molecule has 5 heteroatoms. The second kappa shape index (κ2) is 3.34. The molecule has 0 saturated carbocycles. The van der Waals surface area contributed by atoms with Gasteiger partial charge < -0.3 is 5.73 Å². The maximum Gasteiger partial charge on any atom is 0.343 e. The molecule has 1 aromatic heterocycles. The van der Waals surface area contributed by atoms with Crippen molar-refractivity contribution in [1.29, 1.82) is 0 Å². The summed E-state index contributed by atoms with van der Waals surface area (Å²) < 4.78 is 1.58. The van der Waals surface area contributed by atoms with Gasteiger partial charge >= 0.3 is 5.69 Å². The van der Waals surface area contributed by atoms with Crippen molar-refractivity contribution >= 4 is 0 Å². The first-order valence-electron chi connectivity index (χ1n) is 3.63. The Hall–Kier alpha value is -1.10. The minimum atomic E-state index is -0.157. The number of nitrogens with zero attached hydrogens (tertiary/aromatic N) is 2.